The van der Waals surface area contributed by atoms with Crippen molar-refractivity contribution in [3.8, 4) is 5.75 Å². The molecule has 0 aliphatic heterocycles. The summed E-state index contributed by atoms with van der Waals surface area (Å²) in [5.41, 5.74) is 2.05. The molecule has 2 rings (SSSR count). The Labute approximate surface area is 99.1 Å². The molecule has 1 heterocycles. The summed E-state index contributed by atoms with van der Waals surface area (Å²) in [7, 11) is 0. The van der Waals surface area contributed by atoms with Gasteiger partial charge in [-0.15, -0.1) is 0 Å². The lowest BCUT2D eigenvalue weighted by Gasteiger charge is -2.08. The lowest BCUT2D eigenvalue weighted by Crippen LogP contribution is -1.96. The SMILES string of the molecule is CC(O)c1cccc(OCc2ccsc2)c1. The van der Waals surface area contributed by atoms with E-state index in [-0.39, 0.29) is 0 Å². The average molecular weight is 234 g/mol. The minimum Gasteiger partial charge on any atom is -0.489 e. The van der Waals surface area contributed by atoms with Gasteiger partial charge >= 0.3 is 0 Å². The molecule has 0 aliphatic carbocycles. The Morgan fingerprint density at radius 2 is 2.25 bits per heavy atom. The first-order valence-corrected chi connectivity index (χ1v) is 6.12. The Morgan fingerprint density at radius 3 is 2.94 bits per heavy atom. The molecule has 1 aromatic heterocycles. The van der Waals surface area contributed by atoms with Gasteiger partial charge in [0.15, 0.2) is 0 Å². The van der Waals surface area contributed by atoms with Crippen LogP contribution in [0.5, 0.6) is 5.75 Å². The summed E-state index contributed by atoms with van der Waals surface area (Å²) >= 11 is 1.66. The summed E-state index contributed by atoms with van der Waals surface area (Å²) in [6.45, 7) is 2.32. The molecule has 84 valence electrons. The van der Waals surface area contributed by atoms with Crippen LogP contribution in [0.4, 0.5) is 0 Å². The number of aliphatic hydroxyl groups excluding tert-OH is 1. The van der Waals surface area contributed by atoms with E-state index in [1.807, 2.05) is 35.7 Å². The van der Waals surface area contributed by atoms with Crippen molar-refractivity contribution in [1.82, 2.24) is 0 Å². The normalized spacial score (nSPS) is 12.4. The minimum atomic E-state index is -0.454. The summed E-state index contributed by atoms with van der Waals surface area (Å²) in [6.07, 6.45) is -0.454. The van der Waals surface area contributed by atoms with Crippen LogP contribution < -0.4 is 4.74 Å². The van der Waals surface area contributed by atoms with Gasteiger partial charge in [-0.25, -0.2) is 0 Å². The number of ether oxygens (including phenoxy) is 1. The fraction of sp³-hybridized carbons (Fsp3) is 0.231. The molecule has 2 aromatic rings. The molecule has 2 nitrogen and oxygen atoms in total. The first kappa shape index (κ1) is 11.2. The van der Waals surface area contributed by atoms with Crippen molar-refractivity contribution < 1.29 is 9.84 Å². The van der Waals surface area contributed by atoms with Crippen molar-refractivity contribution in [2.24, 2.45) is 0 Å². The molecule has 0 fully saturated rings. The summed E-state index contributed by atoms with van der Waals surface area (Å²) in [6, 6.07) is 9.60. The smallest absolute Gasteiger partial charge is 0.120 e. The van der Waals surface area contributed by atoms with Crippen molar-refractivity contribution in [2.75, 3.05) is 0 Å². The van der Waals surface area contributed by atoms with Crippen molar-refractivity contribution in [3.63, 3.8) is 0 Å². The second kappa shape index (κ2) is 5.14. The largest absolute Gasteiger partial charge is 0.489 e. The van der Waals surface area contributed by atoms with Gasteiger partial charge in [0.1, 0.15) is 12.4 Å². The maximum Gasteiger partial charge on any atom is 0.120 e. The van der Waals surface area contributed by atoms with Crippen molar-refractivity contribution in [3.05, 3.63) is 52.2 Å². The van der Waals surface area contributed by atoms with Gasteiger partial charge in [0.25, 0.3) is 0 Å². The number of benzene rings is 1. The zero-order valence-corrected chi connectivity index (χ0v) is 9.91. The van der Waals surface area contributed by atoms with E-state index in [1.54, 1.807) is 18.3 Å². The summed E-state index contributed by atoms with van der Waals surface area (Å²) in [4.78, 5) is 0. The first-order valence-electron chi connectivity index (χ1n) is 5.17. The topological polar surface area (TPSA) is 29.5 Å². The van der Waals surface area contributed by atoms with Gasteiger partial charge < -0.3 is 9.84 Å². The predicted octanol–water partition coefficient (Wildman–Crippen LogP) is 3.38. The van der Waals surface area contributed by atoms with Crippen LogP contribution in [0.2, 0.25) is 0 Å². The Morgan fingerprint density at radius 1 is 1.38 bits per heavy atom. The third kappa shape index (κ3) is 2.84. The second-order valence-electron chi connectivity index (χ2n) is 3.67. The molecule has 3 heteroatoms. The summed E-state index contributed by atoms with van der Waals surface area (Å²) < 4.78 is 5.64. The van der Waals surface area contributed by atoms with Crippen LogP contribution in [0.25, 0.3) is 0 Å². The monoisotopic (exact) mass is 234 g/mol. The maximum absolute atomic E-state index is 9.45. The summed E-state index contributed by atoms with van der Waals surface area (Å²) in [5.74, 6) is 0.796. The fourth-order valence-electron chi connectivity index (χ4n) is 1.41. The van der Waals surface area contributed by atoms with Gasteiger partial charge in [0.2, 0.25) is 0 Å². The molecule has 0 saturated carbocycles. The lowest BCUT2D eigenvalue weighted by molar-refractivity contribution is 0.198. The molecule has 16 heavy (non-hydrogen) atoms. The van der Waals surface area contributed by atoms with E-state index in [1.165, 1.54) is 5.56 Å². The molecule has 0 amide bonds. The zero-order valence-electron chi connectivity index (χ0n) is 9.09. The van der Waals surface area contributed by atoms with Crippen LogP contribution in [0.1, 0.15) is 24.2 Å². The lowest BCUT2D eigenvalue weighted by atomic mass is 10.1. The third-order valence-electron chi connectivity index (χ3n) is 2.33. The number of aliphatic hydroxyl groups is 1. The Balaban J connectivity index is 2.01. The minimum absolute atomic E-state index is 0.454. The molecule has 0 spiro atoms. The van der Waals surface area contributed by atoms with Gasteiger partial charge in [-0.1, -0.05) is 12.1 Å². The van der Waals surface area contributed by atoms with Crippen molar-refractivity contribution >= 4 is 11.3 Å². The maximum atomic E-state index is 9.45. The molecule has 0 aliphatic rings. The van der Waals surface area contributed by atoms with Gasteiger partial charge in [-0.05, 0) is 47.0 Å². The molecule has 1 aromatic carbocycles. The van der Waals surface area contributed by atoms with Gasteiger partial charge in [0, 0.05) is 0 Å². The highest BCUT2D eigenvalue weighted by molar-refractivity contribution is 7.07. The highest BCUT2D eigenvalue weighted by Crippen LogP contribution is 2.20. The number of hydrogen-bond donors (Lipinski definition) is 1. The van der Waals surface area contributed by atoms with Crippen LogP contribution in [-0.4, -0.2) is 5.11 Å². The van der Waals surface area contributed by atoms with Crippen LogP contribution in [0.3, 0.4) is 0 Å². The van der Waals surface area contributed by atoms with Gasteiger partial charge in [-0.2, -0.15) is 11.3 Å². The van der Waals surface area contributed by atoms with E-state index in [4.69, 9.17) is 4.74 Å². The van der Waals surface area contributed by atoms with Crippen LogP contribution in [-0.2, 0) is 6.61 Å². The average Bonchev–Trinajstić information content (AvgIpc) is 2.79. The Bertz CT molecular complexity index is 435. The molecule has 1 atom stereocenters. The molecule has 0 saturated heterocycles. The number of hydrogen-bond acceptors (Lipinski definition) is 3. The van der Waals surface area contributed by atoms with Crippen molar-refractivity contribution in [2.45, 2.75) is 19.6 Å². The molecular formula is C13H14O2S. The predicted molar refractivity (Wildman–Crippen MR) is 65.7 cm³/mol. The van der Waals surface area contributed by atoms with E-state index >= 15 is 0 Å². The fourth-order valence-corrected chi connectivity index (χ4v) is 2.06. The highest BCUT2D eigenvalue weighted by Gasteiger charge is 2.02. The zero-order chi connectivity index (χ0) is 11.4. The first-order chi connectivity index (χ1) is 7.75. The quantitative estimate of drug-likeness (QED) is 0.878. The van der Waals surface area contributed by atoms with E-state index in [2.05, 4.69) is 5.38 Å². The molecular weight excluding hydrogens is 220 g/mol. The van der Waals surface area contributed by atoms with E-state index in [0.717, 1.165) is 11.3 Å². The number of thiophene rings is 1. The Hall–Kier alpha value is -1.32. The number of rotatable bonds is 4. The second-order valence-corrected chi connectivity index (χ2v) is 4.45. The van der Waals surface area contributed by atoms with Crippen molar-refractivity contribution in [1.29, 1.82) is 0 Å². The summed E-state index contributed by atoms with van der Waals surface area (Å²) in [5, 5.41) is 13.5. The van der Waals surface area contributed by atoms with E-state index < -0.39 is 6.10 Å². The van der Waals surface area contributed by atoms with Crippen LogP contribution in [0, 0.1) is 0 Å². The van der Waals surface area contributed by atoms with Gasteiger partial charge in [0.05, 0.1) is 6.10 Å². The van der Waals surface area contributed by atoms with Crippen LogP contribution >= 0.6 is 11.3 Å². The molecule has 0 bridgehead atoms. The Kier molecular flexibility index (Phi) is 3.59. The molecule has 1 unspecified atom stereocenters. The molecule has 1 N–H and O–H groups in total. The van der Waals surface area contributed by atoms with Gasteiger partial charge in [-0.3, -0.25) is 0 Å². The molecule has 0 radical (unpaired) electrons. The van der Waals surface area contributed by atoms with Crippen LogP contribution in [0.15, 0.2) is 41.1 Å². The standard InChI is InChI=1S/C13H14O2S/c1-10(14)12-3-2-4-13(7-12)15-8-11-5-6-16-9-11/h2-7,9-10,14H,8H2,1H3. The third-order valence-corrected chi connectivity index (χ3v) is 3.06. The van der Waals surface area contributed by atoms with E-state index in [0.29, 0.717) is 6.61 Å². The van der Waals surface area contributed by atoms with E-state index in [9.17, 15) is 5.11 Å². The highest BCUT2D eigenvalue weighted by atomic mass is 32.1.